The van der Waals surface area contributed by atoms with Gasteiger partial charge in [0.15, 0.2) is 0 Å². The maximum atomic E-state index is 13.9. The Morgan fingerprint density at radius 3 is 2.45 bits per heavy atom. The Labute approximate surface area is 241 Å². The van der Waals surface area contributed by atoms with E-state index >= 15 is 0 Å². The summed E-state index contributed by atoms with van der Waals surface area (Å²) in [6, 6.07) is 20.3. The third-order valence-electron chi connectivity index (χ3n) is 8.67. The Bertz CT molecular complexity index is 1260. The first-order valence-electron chi connectivity index (χ1n) is 14.6. The number of carbonyl (C=O) groups is 2. The van der Waals surface area contributed by atoms with Crippen LogP contribution in [0.1, 0.15) is 55.4 Å². The van der Waals surface area contributed by atoms with Crippen LogP contribution in [0.15, 0.2) is 66.0 Å². The highest BCUT2D eigenvalue weighted by molar-refractivity contribution is 7.09. The molecule has 1 saturated carbocycles. The van der Waals surface area contributed by atoms with Crippen LogP contribution in [0.3, 0.4) is 0 Å². The van der Waals surface area contributed by atoms with Crippen molar-refractivity contribution in [3.63, 3.8) is 0 Å². The first kappa shape index (κ1) is 28.4. The molecule has 2 aromatic carbocycles. The van der Waals surface area contributed by atoms with Gasteiger partial charge in [0, 0.05) is 30.4 Å². The lowest BCUT2D eigenvalue weighted by Crippen LogP contribution is -2.55. The van der Waals surface area contributed by atoms with Crippen molar-refractivity contribution in [1.29, 1.82) is 0 Å². The van der Waals surface area contributed by atoms with Crippen molar-refractivity contribution in [2.45, 2.75) is 69.9 Å². The molecule has 0 spiro atoms. The van der Waals surface area contributed by atoms with Crippen LogP contribution in [0.5, 0.6) is 5.75 Å². The molecule has 3 N–H and O–H groups in total. The Kier molecular flexibility index (Phi) is 9.22. The van der Waals surface area contributed by atoms with Gasteiger partial charge in [-0.25, -0.2) is 0 Å². The zero-order valence-electron chi connectivity index (χ0n) is 23.4. The van der Waals surface area contributed by atoms with Crippen LogP contribution in [0.2, 0.25) is 0 Å². The van der Waals surface area contributed by atoms with Crippen LogP contribution in [-0.2, 0) is 22.4 Å². The summed E-state index contributed by atoms with van der Waals surface area (Å²) >= 11 is 1.63. The van der Waals surface area contributed by atoms with E-state index in [1.165, 1.54) is 19.3 Å². The van der Waals surface area contributed by atoms with Gasteiger partial charge in [-0.3, -0.25) is 9.59 Å². The third kappa shape index (κ3) is 6.76. The molecule has 1 saturated heterocycles. The summed E-state index contributed by atoms with van der Waals surface area (Å²) < 4.78 is 5.39. The summed E-state index contributed by atoms with van der Waals surface area (Å²) in [5.41, 5.74) is 9.14. The van der Waals surface area contributed by atoms with Gasteiger partial charge in [0.25, 0.3) is 0 Å². The van der Waals surface area contributed by atoms with Gasteiger partial charge in [0.2, 0.25) is 11.8 Å². The van der Waals surface area contributed by atoms with Crippen molar-refractivity contribution in [3.8, 4) is 16.9 Å². The van der Waals surface area contributed by atoms with Gasteiger partial charge in [0.1, 0.15) is 5.75 Å². The summed E-state index contributed by atoms with van der Waals surface area (Å²) in [7, 11) is 1.68. The summed E-state index contributed by atoms with van der Waals surface area (Å²) in [5.74, 6) is 0.958. The normalized spacial score (nSPS) is 18.2. The molecule has 0 radical (unpaired) electrons. The molecule has 40 heavy (non-hydrogen) atoms. The van der Waals surface area contributed by atoms with Crippen LogP contribution >= 0.6 is 11.3 Å². The molecule has 1 aromatic heterocycles. The number of methoxy groups -OCH3 is 1. The number of nitrogens with zero attached hydrogens (tertiary/aromatic N) is 1. The summed E-state index contributed by atoms with van der Waals surface area (Å²) in [6.07, 6.45) is 8.20. The maximum absolute atomic E-state index is 13.9. The highest BCUT2D eigenvalue weighted by Crippen LogP contribution is 2.37. The molecule has 0 unspecified atom stereocenters. The van der Waals surface area contributed by atoms with E-state index in [1.807, 2.05) is 40.6 Å². The van der Waals surface area contributed by atoms with Crippen molar-refractivity contribution < 1.29 is 14.3 Å². The third-order valence-corrected chi connectivity index (χ3v) is 9.57. The monoisotopic (exact) mass is 559 g/mol. The van der Waals surface area contributed by atoms with E-state index in [1.54, 1.807) is 18.4 Å². The van der Waals surface area contributed by atoms with Crippen molar-refractivity contribution in [2.75, 3.05) is 20.2 Å². The average molecular weight is 560 g/mol. The molecule has 2 fully saturated rings. The molecule has 1 aliphatic carbocycles. The molecule has 2 aliphatic rings. The van der Waals surface area contributed by atoms with Crippen LogP contribution in [0.4, 0.5) is 0 Å². The molecular weight excluding hydrogens is 518 g/mol. The van der Waals surface area contributed by atoms with Gasteiger partial charge in [-0.15, -0.1) is 11.3 Å². The Balaban J connectivity index is 1.30. The van der Waals surface area contributed by atoms with Crippen molar-refractivity contribution in [2.24, 2.45) is 11.1 Å². The minimum Gasteiger partial charge on any atom is -0.497 e. The number of rotatable bonds is 9. The topological polar surface area (TPSA) is 84.7 Å². The molecular formula is C33H41N3O3S. The van der Waals surface area contributed by atoms with Gasteiger partial charge in [-0.2, -0.15) is 0 Å². The second-order valence-corrected chi connectivity index (χ2v) is 12.4. The van der Waals surface area contributed by atoms with E-state index < -0.39 is 11.5 Å². The second-order valence-electron chi connectivity index (χ2n) is 11.4. The van der Waals surface area contributed by atoms with Crippen molar-refractivity contribution in [1.82, 2.24) is 10.2 Å². The first-order valence-corrected chi connectivity index (χ1v) is 15.4. The number of carbonyl (C=O) groups excluding carboxylic acids is 2. The van der Waals surface area contributed by atoms with Gasteiger partial charge in [-0.05, 0) is 72.4 Å². The molecule has 212 valence electrons. The SMILES string of the molecule is COc1cccc(-c2ccc(CC3(C(=O)NC4CCCCC4)CCN(C(=O)[C@@H](N)Cc4cccs4)CC3)cc2)c1. The first-order chi connectivity index (χ1) is 19.5. The van der Waals surface area contributed by atoms with E-state index in [-0.39, 0.29) is 17.9 Å². The number of amides is 2. The van der Waals surface area contributed by atoms with E-state index in [0.717, 1.165) is 40.2 Å². The number of nitrogens with two attached hydrogens (primary N) is 1. The van der Waals surface area contributed by atoms with Crippen LogP contribution in [-0.4, -0.2) is 49.0 Å². The van der Waals surface area contributed by atoms with E-state index in [4.69, 9.17) is 10.5 Å². The highest BCUT2D eigenvalue weighted by Gasteiger charge is 2.43. The van der Waals surface area contributed by atoms with Crippen LogP contribution in [0.25, 0.3) is 11.1 Å². The summed E-state index contributed by atoms with van der Waals surface area (Å²) in [4.78, 5) is 30.1. The quantitative estimate of drug-likeness (QED) is 0.358. The zero-order chi connectivity index (χ0) is 28.0. The van der Waals surface area contributed by atoms with Crippen LogP contribution < -0.4 is 15.8 Å². The lowest BCUT2D eigenvalue weighted by molar-refractivity contribution is -0.141. The van der Waals surface area contributed by atoms with E-state index in [0.29, 0.717) is 38.8 Å². The zero-order valence-corrected chi connectivity index (χ0v) is 24.3. The van der Waals surface area contributed by atoms with E-state index in [9.17, 15) is 9.59 Å². The minimum absolute atomic E-state index is 0.0164. The Morgan fingerprint density at radius 1 is 1.02 bits per heavy atom. The predicted molar refractivity (Wildman–Crippen MR) is 161 cm³/mol. The molecule has 5 rings (SSSR count). The molecule has 2 amide bonds. The fourth-order valence-corrected chi connectivity index (χ4v) is 6.97. The molecule has 7 heteroatoms. The number of ether oxygens (including phenoxy) is 1. The Hall–Kier alpha value is -3.16. The highest BCUT2D eigenvalue weighted by atomic mass is 32.1. The number of benzene rings is 2. The molecule has 3 aromatic rings. The largest absolute Gasteiger partial charge is 0.497 e. The Morgan fingerprint density at radius 2 is 1.77 bits per heavy atom. The summed E-state index contributed by atoms with van der Waals surface area (Å²) in [5, 5.41) is 5.43. The van der Waals surface area contributed by atoms with Gasteiger partial charge < -0.3 is 20.7 Å². The molecule has 2 heterocycles. The van der Waals surface area contributed by atoms with Gasteiger partial charge in [0.05, 0.1) is 18.6 Å². The van der Waals surface area contributed by atoms with Crippen molar-refractivity contribution in [3.05, 3.63) is 76.5 Å². The average Bonchev–Trinajstić information content (AvgIpc) is 3.51. The number of piperidine rings is 1. The number of nitrogens with one attached hydrogen (secondary N) is 1. The maximum Gasteiger partial charge on any atom is 0.239 e. The number of hydrogen-bond donors (Lipinski definition) is 2. The van der Waals surface area contributed by atoms with Gasteiger partial charge >= 0.3 is 0 Å². The number of likely N-dealkylation sites (tertiary alicyclic amines) is 1. The summed E-state index contributed by atoms with van der Waals surface area (Å²) in [6.45, 7) is 1.11. The van der Waals surface area contributed by atoms with E-state index in [2.05, 4.69) is 35.6 Å². The molecule has 0 bridgehead atoms. The predicted octanol–water partition coefficient (Wildman–Crippen LogP) is 5.59. The smallest absolute Gasteiger partial charge is 0.239 e. The standard InChI is InChI=1S/C33H41N3O3S/c1-39-28-10-5-7-26(21-28)25-14-12-24(13-15-25)23-33(32(38)35-27-8-3-2-4-9-27)16-18-36(19-17-33)31(37)30(34)22-29-11-6-20-40-29/h5-7,10-15,20-21,27,30H,2-4,8-9,16-19,22-23,34H2,1H3,(H,35,38)/t30-/m0/s1. The lowest BCUT2D eigenvalue weighted by Gasteiger charge is -2.42. The number of thiophene rings is 1. The van der Waals surface area contributed by atoms with Crippen molar-refractivity contribution >= 4 is 23.2 Å². The molecule has 1 aliphatic heterocycles. The van der Waals surface area contributed by atoms with Gasteiger partial charge in [-0.1, -0.05) is 61.7 Å². The second kappa shape index (κ2) is 13.0. The lowest BCUT2D eigenvalue weighted by atomic mass is 9.72. The van der Waals surface area contributed by atoms with Crippen LogP contribution in [0, 0.1) is 5.41 Å². The molecule has 1 atom stereocenters. The number of hydrogen-bond acceptors (Lipinski definition) is 5. The fourth-order valence-electron chi connectivity index (χ4n) is 6.20. The fraction of sp³-hybridized carbons (Fsp3) is 0.455. The molecule has 6 nitrogen and oxygen atoms in total. The minimum atomic E-state index is -0.550.